The molecule has 0 saturated carbocycles. The fourth-order valence-electron chi connectivity index (χ4n) is 1.79. The summed E-state index contributed by atoms with van der Waals surface area (Å²) in [4.78, 5) is 0. The number of anilines is 1. The Morgan fingerprint density at radius 3 is 2.93 bits per heavy atom. The van der Waals surface area contributed by atoms with Gasteiger partial charge in [0.15, 0.2) is 0 Å². The van der Waals surface area contributed by atoms with Crippen LogP contribution in [0.4, 0.5) is 10.1 Å². The summed E-state index contributed by atoms with van der Waals surface area (Å²) in [6, 6.07) is 3.09. The smallest absolute Gasteiger partial charge is 0.146 e. The SMILES string of the molecule is Nc1cc(Cl)c([C@H]2CCCN2)cc1F. The summed E-state index contributed by atoms with van der Waals surface area (Å²) in [5, 5.41) is 3.81. The minimum atomic E-state index is -0.391. The predicted molar refractivity (Wildman–Crippen MR) is 55.8 cm³/mol. The highest BCUT2D eigenvalue weighted by Crippen LogP contribution is 2.31. The molecule has 0 unspecified atom stereocenters. The summed E-state index contributed by atoms with van der Waals surface area (Å²) in [6.07, 6.45) is 2.11. The van der Waals surface area contributed by atoms with Gasteiger partial charge in [-0.15, -0.1) is 0 Å². The largest absolute Gasteiger partial charge is 0.396 e. The molecule has 0 spiro atoms. The van der Waals surface area contributed by atoms with E-state index in [-0.39, 0.29) is 11.7 Å². The molecule has 0 radical (unpaired) electrons. The number of hydrogen-bond acceptors (Lipinski definition) is 2. The van der Waals surface area contributed by atoms with Crippen LogP contribution < -0.4 is 11.1 Å². The van der Waals surface area contributed by atoms with E-state index in [0.29, 0.717) is 5.02 Å². The van der Waals surface area contributed by atoms with Gasteiger partial charge in [0.1, 0.15) is 5.82 Å². The molecule has 0 aliphatic carbocycles. The van der Waals surface area contributed by atoms with Gasteiger partial charge >= 0.3 is 0 Å². The lowest BCUT2D eigenvalue weighted by molar-refractivity contribution is 0.610. The highest BCUT2D eigenvalue weighted by atomic mass is 35.5. The second-order valence-corrected chi connectivity index (χ2v) is 3.95. The van der Waals surface area contributed by atoms with Crippen molar-refractivity contribution in [3.63, 3.8) is 0 Å². The Bertz CT molecular complexity index is 348. The summed E-state index contributed by atoms with van der Waals surface area (Å²) in [7, 11) is 0. The van der Waals surface area contributed by atoms with E-state index >= 15 is 0 Å². The Balaban J connectivity index is 2.37. The lowest BCUT2D eigenvalue weighted by Gasteiger charge is -2.13. The van der Waals surface area contributed by atoms with E-state index in [0.717, 1.165) is 24.9 Å². The number of hydrogen-bond donors (Lipinski definition) is 2. The molecule has 0 aromatic heterocycles. The predicted octanol–water partition coefficient (Wildman–Crippen LogP) is 2.49. The van der Waals surface area contributed by atoms with Crippen LogP contribution >= 0.6 is 11.6 Å². The Kier molecular flexibility index (Phi) is 2.61. The molecule has 1 aliphatic heterocycles. The third-order valence-electron chi connectivity index (χ3n) is 2.55. The van der Waals surface area contributed by atoms with Crippen LogP contribution in [0, 0.1) is 5.82 Å². The van der Waals surface area contributed by atoms with Gasteiger partial charge in [-0.1, -0.05) is 11.6 Å². The molecule has 14 heavy (non-hydrogen) atoms. The molecule has 1 atom stereocenters. The van der Waals surface area contributed by atoms with Crippen LogP contribution in [0.25, 0.3) is 0 Å². The third-order valence-corrected chi connectivity index (χ3v) is 2.88. The maximum absolute atomic E-state index is 13.2. The topological polar surface area (TPSA) is 38.0 Å². The molecular formula is C10H12ClFN2. The summed E-state index contributed by atoms with van der Waals surface area (Å²) in [5.41, 5.74) is 6.33. The van der Waals surface area contributed by atoms with Crippen molar-refractivity contribution in [3.8, 4) is 0 Å². The second kappa shape index (κ2) is 3.75. The van der Waals surface area contributed by atoms with Gasteiger partial charge < -0.3 is 11.1 Å². The van der Waals surface area contributed by atoms with Crippen LogP contribution in [0.2, 0.25) is 5.02 Å². The van der Waals surface area contributed by atoms with Crippen molar-refractivity contribution in [1.82, 2.24) is 5.32 Å². The van der Waals surface area contributed by atoms with Gasteiger partial charge in [-0.25, -0.2) is 4.39 Å². The average molecular weight is 215 g/mol. The minimum Gasteiger partial charge on any atom is -0.396 e. The molecule has 1 fully saturated rings. The Morgan fingerprint density at radius 2 is 2.29 bits per heavy atom. The fourth-order valence-corrected chi connectivity index (χ4v) is 2.10. The van der Waals surface area contributed by atoms with Crippen molar-refractivity contribution in [2.75, 3.05) is 12.3 Å². The Morgan fingerprint density at radius 1 is 1.50 bits per heavy atom. The Labute approximate surface area is 87.2 Å². The number of rotatable bonds is 1. The highest BCUT2D eigenvalue weighted by Gasteiger charge is 2.19. The van der Waals surface area contributed by atoms with Crippen molar-refractivity contribution in [2.24, 2.45) is 0 Å². The first-order valence-electron chi connectivity index (χ1n) is 4.66. The van der Waals surface area contributed by atoms with E-state index in [1.54, 1.807) is 0 Å². The van der Waals surface area contributed by atoms with Crippen molar-refractivity contribution in [3.05, 3.63) is 28.5 Å². The van der Waals surface area contributed by atoms with Gasteiger partial charge in [-0.05, 0) is 37.1 Å². The van der Waals surface area contributed by atoms with Crippen molar-refractivity contribution in [2.45, 2.75) is 18.9 Å². The standard InChI is InChI=1S/C10H12ClFN2/c11-7-5-9(13)8(12)4-6(7)10-2-1-3-14-10/h4-5,10,14H,1-3,13H2/t10-/m1/s1. The lowest BCUT2D eigenvalue weighted by Crippen LogP contribution is -2.13. The van der Waals surface area contributed by atoms with Crippen LogP contribution in [-0.4, -0.2) is 6.54 Å². The summed E-state index contributed by atoms with van der Waals surface area (Å²) < 4.78 is 13.2. The zero-order valence-electron chi connectivity index (χ0n) is 7.69. The van der Waals surface area contributed by atoms with Crippen LogP contribution in [0.3, 0.4) is 0 Å². The number of benzene rings is 1. The van der Waals surface area contributed by atoms with E-state index < -0.39 is 5.82 Å². The van der Waals surface area contributed by atoms with Crippen molar-refractivity contribution in [1.29, 1.82) is 0 Å². The van der Waals surface area contributed by atoms with Gasteiger partial charge in [-0.3, -0.25) is 0 Å². The molecule has 1 heterocycles. The molecule has 1 aromatic rings. The molecule has 0 amide bonds. The van der Waals surface area contributed by atoms with Gasteiger partial charge in [0.25, 0.3) is 0 Å². The van der Waals surface area contributed by atoms with E-state index in [1.807, 2.05) is 0 Å². The highest BCUT2D eigenvalue weighted by molar-refractivity contribution is 6.31. The molecule has 4 heteroatoms. The Hall–Kier alpha value is -0.800. The molecule has 3 N–H and O–H groups in total. The second-order valence-electron chi connectivity index (χ2n) is 3.54. The number of nitrogens with two attached hydrogens (primary N) is 1. The monoisotopic (exact) mass is 214 g/mol. The third kappa shape index (κ3) is 1.70. The number of nitrogens with one attached hydrogen (secondary N) is 1. The summed E-state index contributed by atoms with van der Waals surface area (Å²) in [5.74, 6) is -0.391. The van der Waals surface area contributed by atoms with Crippen molar-refractivity contribution >= 4 is 17.3 Å². The van der Waals surface area contributed by atoms with Gasteiger partial charge in [-0.2, -0.15) is 0 Å². The lowest BCUT2D eigenvalue weighted by atomic mass is 10.0. The first kappa shape index (κ1) is 9.74. The van der Waals surface area contributed by atoms with Crippen LogP contribution in [0.15, 0.2) is 12.1 Å². The van der Waals surface area contributed by atoms with Gasteiger partial charge in [0.2, 0.25) is 0 Å². The first-order chi connectivity index (χ1) is 6.68. The van der Waals surface area contributed by atoms with E-state index in [9.17, 15) is 4.39 Å². The fraction of sp³-hybridized carbons (Fsp3) is 0.400. The van der Waals surface area contributed by atoms with E-state index in [1.165, 1.54) is 12.1 Å². The molecular weight excluding hydrogens is 203 g/mol. The molecule has 1 aromatic carbocycles. The summed E-state index contributed by atoms with van der Waals surface area (Å²) >= 11 is 5.99. The molecule has 1 saturated heterocycles. The molecule has 2 nitrogen and oxygen atoms in total. The van der Waals surface area contributed by atoms with Crippen LogP contribution in [-0.2, 0) is 0 Å². The molecule has 2 rings (SSSR count). The van der Waals surface area contributed by atoms with E-state index in [4.69, 9.17) is 17.3 Å². The van der Waals surface area contributed by atoms with Gasteiger partial charge in [0.05, 0.1) is 5.69 Å². The average Bonchev–Trinajstić information content (AvgIpc) is 2.64. The van der Waals surface area contributed by atoms with Crippen LogP contribution in [0.5, 0.6) is 0 Å². The number of nitrogen functional groups attached to an aromatic ring is 1. The molecule has 76 valence electrons. The van der Waals surface area contributed by atoms with Crippen LogP contribution in [0.1, 0.15) is 24.4 Å². The maximum Gasteiger partial charge on any atom is 0.146 e. The minimum absolute atomic E-state index is 0.108. The van der Waals surface area contributed by atoms with Crippen molar-refractivity contribution < 1.29 is 4.39 Å². The van der Waals surface area contributed by atoms with E-state index in [2.05, 4.69) is 5.32 Å². The van der Waals surface area contributed by atoms with Gasteiger partial charge in [0, 0.05) is 11.1 Å². The zero-order valence-corrected chi connectivity index (χ0v) is 8.44. The molecule has 0 bridgehead atoms. The first-order valence-corrected chi connectivity index (χ1v) is 5.04. The quantitative estimate of drug-likeness (QED) is 0.705. The maximum atomic E-state index is 13.2. The normalized spacial score (nSPS) is 21.4. The number of halogens is 2. The zero-order chi connectivity index (χ0) is 10.1. The summed E-state index contributed by atoms with van der Waals surface area (Å²) in [6.45, 7) is 0.965. The molecule has 1 aliphatic rings.